The zero-order chi connectivity index (χ0) is 18.9. The summed E-state index contributed by atoms with van der Waals surface area (Å²) in [5, 5.41) is 6.46. The molecule has 1 aliphatic heterocycles. The highest BCUT2D eigenvalue weighted by Gasteiger charge is 2.15. The zero-order valence-electron chi connectivity index (χ0n) is 15.2. The summed E-state index contributed by atoms with van der Waals surface area (Å²) in [6, 6.07) is 7.29. The third kappa shape index (κ3) is 6.36. The number of aliphatic imine (C=N–C) groups is 1. The summed E-state index contributed by atoms with van der Waals surface area (Å²) < 4.78 is 37.7. The van der Waals surface area contributed by atoms with Gasteiger partial charge in [0.15, 0.2) is 5.96 Å². The maximum atomic E-state index is 13.7. The van der Waals surface area contributed by atoms with E-state index in [4.69, 9.17) is 9.15 Å². The summed E-state index contributed by atoms with van der Waals surface area (Å²) in [4.78, 5) is 4.61. The topological polar surface area (TPSA) is 58.8 Å². The number of hydrogen-bond donors (Lipinski definition) is 2. The summed E-state index contributed by atoms with van der Waals surface area (Å²) in [6.07, 6.45) is 3.77. The van der Waals surface area contributed by atoms with Crippen LogP contribution in [0.5, 0.6) is 0 Å². The van der Waals surface area contributed by atoms with E-state index in [1.807, 2.05) is 12.1 Å². The third-order valence-corrected chi connectivity index (χ3v) is 4.47. The largest absolute Gasteiger partial charge is 0.469 e. The number of ether oxygens (including phenoxy) is 1. The van der Waals surface area contributed by atoms with Gasteiger partial charge in [-0.05, 0) is 48.7 Å². The lowest BCUT2D eigenvalue weighted by atomic mass is 10.1. The number of hydrogen-bond acceptors (Lipinski definition) is 3. The number of benzene rings is 1. The van der Waals surface area contributed by atoms with E-state index in [1.165, 1.54) is 6.07 Å². The Morgan fingerprint density at radius 3 is 2.74 bits per heavy atom. The van der Waals surface area contributed by atoms with Crippen LogP contribution in [0, 0.1) is 17.6 Å². The van der Waals surface area contributed by atoms with Crippen LogP contribution in [0.15, 0.2) is 46.0 Å². The van der Waals surface area contributed by atoms with Crippen LogP contribution in [0.2, 0.25) is 0 Å². The average Bonchev–Trinajstić information content (AvgIpc) is 3.36. The second kappa shape index (κ2) is 10.1. The Morgan fingerprint density at radius 1 is 1.15 bits per heavy atom. The van der Waals surface area contributed by atoms with Gasteiger partial charge in [0.2, 0.25) is 0 Å². The number of furan rings is 1. The number of rotatable bonds is 8. The molecule has 1 atom stereocenters. The minimum atomic E-state index is -0.432. The van der Waals surface area contributed by atoms with Crippen LogP contribution in [0.3, 0.4) is 0 Å². The summed E-state index contributed by atoms with van der Waals surface area (Å²) in [7, 11) is 0. The molecule has 7 heteroatoms. The Balaban J connectivity index is 1.51. The van der Waals surface area contributed by atoms with Gasteiger partial charge in [0.1, 0.15) is 17.4 Å². The van der Waals surface area contributed by atoms with Crippen LogP contribution >= 0.6 is 0 Å². The smallest absolute Gasteiger partial charge is 0.191 e. The fourth-order valence-electron chi connectivity index (χ4n) is 2.93. The highest BCUT2D eigenvalue weighted by atomic mass is 19.1. The van der Waals surface area contributed by atoms with Gasteiger partial charge in [-0.25, -0.2) is 8.78 Å². The fourth-order valence-corrected chi connectivity index (χ4v) is 2.93. The third-order valence-electron chi connectivity index (χ3n) is 4.47. The van der Waals surface area contributed by atoms with Gasteiger partial charge in [-0.3, -0.25) is 4.99 Å². The van der Waals surface area contributed by atoms with Crippen LogP contribution in [0.25, 0.3) is 0 Å². The van der Waals surface area contributed by atoms with Crippen molar-refractivity contribution < 1.29 is 17.9 Å². The minimum Gasteiger partial charge on any atom is -0.469 e. The lowest BCUT2D eigenvalue weighted by molar-refractivity contribution is 0.187. The molecule has 0 saturated carbocycles. The normalized spacial score (nSPS) is 17.3. The SMILES string of the molecule is Fc1ccc(F)c(CCNC(=NCC2CCOC2)NCCc2ccco2)c1. The number of nitrogens with zero attached hydrogens (tertiary/aromatic N) is 1. The number of nitrogens with one attached hydrogen (secondary N) is 2. The van der Waals surface area contributed by atoms with Gasteiger partial charge in [0.05, 0.1) is 12.9 Å². The maximum absolute atomic E-state index is 13.7. The van der Waals surface area contributed by atoms with Crippen molar-refractivity contribution in [2.24, 2.45) is 10.9 Å². The Kier molecular flexibility index (Phi) is 7.21. The molecule has 0 aliphatic carbocycles. The minimum absolute atomic E-state index is 0.349. The fraction of sp³-hybridized carbons (Fsp3) is 0.450. The molecule has 0 radical (unpaired) electrons. The van der Waals surface area contributed by atoms with Crippen LogP contribution in [0.4, 0.5) is 8.78 Å². The summed E-state index contributed by atoms with van der Waals surface area (Å²) >= 11 is 0. The van der Waals surface area contributed by atoms with Gasteiger partial charge in [-0.15, -0.1) is 0 Å². The van der Waals surface area contributed by atoms with Gasteiger partial charge < -0.3 is 19.8 Å². The molecule has 0 amide bonds. The van der Waals surface area contributed by atoms with E-state index < -0.39 is 11.6 Å². The van der Waals surface area contributed by atoms with Crippen molar-refractivity contribution in [2.45, 2.75) is 19.3 Å². The van der Waals surface area contributed by atoms with Crippen LogP contribution in [0.1, 0.15) is 17.7 Å². The Bertz CT molecular complexity index is 729. The second-order valence-electron chi connectivity index (χ2n) is 6.59. The first kappa shape index (κ1) is 19.4. The standard InChI is InChI=1S/C20H25F2N3O2/c21-17-3-4-19(22)16(12-17)5-8-23-20(25-13-15-7-11-26-14-15)24-9-6-18-2-1-10-27-18/h1-4,10,12,15H,5-9,11,13-14H2,(H2,23,24,25). The molecule has 2 heterocycles. The van der Waals surface area contributed by atoms with Gasteiger partial charge in [0, 0.05) is 38.6 Å². The molecule has 1 aromatic carbocycles. The van der Waals surface area contributed by atoms with E-state index in [2.05, 4.69) is 15.6 Å². The van der Waals surface area contributed by atoms with Gasteiger partial charge in [0.25, 0.3) is 0 Å². The van der Waals surface area contributed by atoms with E-state index in [-0.39, 0.29) is 0 Å². The zero-order valence-corrected chi connectivity index (χ0v) is 15.2. The first-order valence-electron chi connectivity index (χ1n) is 9.27. The molecule has 3 rings (SSSR count). The van der Waals surface area contributed by atoms with Gasteiger partial charge in [-0.2, -0.15) is 0 Å². The summed E-state index contributed by atoms with van der Waals surface area (Å²) in [6.45, 7) is 3.30. The van der Waals surface area contributed by atoms with E-state index in [0.717, 1.165) is 43.9 Å². The lowest BCUT2D eigenvalue weighted by Gasteiger charge is -2.14. The highest BCUT2D eigenvalue weighted by molar-refractivity contribution is 5.79. The lowest BCUT2D eigenvalue weighted by Crippen LogP contribution is -2.40. The van der Waals surface area contributed by atoms with Crippen molar-refractivity contribution in [1.29, 1.82) is 0 Å². The molecule has 146 valence electrons. The van der Waals surface area contributed by atoms with E-state index in [1.54, 1.807) is 6.26 Å². The Hall–Kier alpha value is -2.41. The molecule has 1 aromatic heterocycles. The number of halogens is 2. The summed E-state index contributed by atoms with van der Waals surface area (Å²) in [5.74, 6) is 1.15. The molecular formula is C20H25F2N3O2. The Morgan fingerprint density at radius 2 is 2.00 bits per heavy atom. The molecule has 1 saturated heterocycles. The van der Waals surface area contributed by atoms with Crippen LogP contribution < -0.4 is 10.6 Å². The molecule has 27 heavy (non-hydrogen) atoms. The van der Waals surface area contributed by atoms with Crippen molar-refractivity contribution in [1.82, 2.24) is 10.6 Å². The van der Waals surface area contributed by atoms with Gasteiger partial charge in [-0.1, -0.05) is 0 Å². The summed E-state index contributed by atoms with van der Waals surface area (Å²) in [5.41, 5.74) is 0.349. The molecule has 5 nitrogen and oxygen atoms in total. The van der Waals surface area contributed by atoms with Crippen molar-refractivity contribution in [3.8, 4) is 0 Å². The molecule has 0 bridgehead atoms. The van der Waals surface area contributed by atoms with Crippen molar-refractivity contribution >= 4 is 5.96 Å². The van der Waals surface area contributed by atoms with E-state index in [0.29, 0.717) is 43.5 Å². The average molecular weight is 377 g/mol. The predicted octanol–water partition coefficient (Wildman–Crippen LogP) is 2.91. The first-order valence-corrected chi connectivity index (χ1v) is 9.27. The quantitative estimate of drug-likeness (QED) is 0.549. The number of guanidine groups is 1. The van der Waals surface area contributed by atoms with Crippen LogP contribution in [-0.2, 0) is 17.6 Å². The maximum Gasteiger partial charge on any atom is 0.191 e. The van der Waals surface area contributed by atoms with Crippen molar-refractivity contribution in [2.75, 3.05) is 32.8 Å². The Labute approximate surface area is 157 Å². The first-order chi connectivity index (χ1) is 13.2. The molecule has 0 spiro atoms. The van der Waals surface area contributed by atoms with Gasteiger partial charge >= 0.3 is 0 Å². The predicted molar refractivity (Wildman–Crippen MR) is 99.7 cm³/mol. The highest BCUT2D eigenvalue weighted by Crippen LogP contribution is 2.12. The van der Waals surface area contributed by atoms with Crippen molar-refractivity contribution in [3.05, 3.63) is 59.6 Å². The molecule has 1 aliphatic rings. The van der Waals surface area contributed by atoms with E-state index >= 15 is 0 Å². The van der Waals surface area contributed by atoms with E-state index in [9.17, 15) is 8.78 Å². The van der Waals surface area contributed by atoms with Crippen molar-refractivity contribution in [3.63, 3.8) is 0 Å². The molecule has 2 N–H and O–H groups in total. The molecule has 1 fully saturated rings. The molecular weight excluding hydrogens is 352 g/mol. The molecule has 2 aromatic rings. The monoisotopic (exact) mass is 377 g/mol. The molecule has 1 unspecified atom stereocenters. The van der Waals surface area contributed by atoms with Crippen LogP contribution in [-0.4, -0.2) is 38.8 Å². The second-order valence-corrected chi connectivity index (χ2v) is 6.59.